The van der Waals surface area contributed by atoms with E-state index in [0.29, 0.717) is 6.54 Å². The van der Waals surface area contributed by atoms with Crippen LogP contribution in [0.1, 0.15) is 32.1 Å². The summed E-state index contributed by atoms with van der Waals surface area (Å²) < 4.78 is 18.2. The molecule has 0 unspecified atom stereocenters. The van der Waals surface area contributed by atoms with Gasteiger partial charge >= 0.3 is 0 Å². The largest absolute Gasteiger partial charge is 0.489 e. The summed E-state index contributed by atoms with van der Waals surface area (Å²) in [6, 6.07) is 13.6. The third-order valence-electron chi connectivity index (χ3n) is 6.70. The van der Waals surface area contributed by atoms with Crippen LogP contribution in [0, 0.1) is 5.92 Å². The molecule has 2 fully saturated rings. The van der Waals surface area contributed by atoms with Crippen molar-refractivity contribution in [1.82, 2.24) is 9.88 Å². The fourth-order valence-electron chi connectivity index (χ4n) is 4.86. The third-order valence-corrected chi connectivity index (χ3v) is 6.70. The van der Waals surface area contributed by atoms with Gasteiger partial charge in [-0.15, -0.1) is 0 Å². The number of aromatic nitrogens is 1. The number of anilines is 2. The van der Waals surface area contributed by atoms with Gasteiger partial charge in [-0.2, -0.15) is 0 Å². The summed E-state index contributed by atoms with van der Waals surface area (Å²) in [5.41, 5.74) is 1.02. The van der Waals surface area contributed by atoms with E-state index in [-0.39, 0.29) is 18.4 Å². The molecule has 0 bridgehead atoms. The van der Waals surface area contributed by atoms with Gasteiger partial charge in [-0.1, -0.05) is 37.5 Å². The van der Waals surface area contributed by atoms with Gasteiger partial charge in [0.25, 0.3) is 0 Å². The van der Waals surface area contributed by atoms with Gasteiger partial charge in [-0.05, 0) is 37.1 Å². The minimum Gasteiger partial charge on any atom is -0.489 e. The number of benzene rings is 1. The minimum absolute atomic E-state index is 0.0787. The average Bonchev–Trinajstić information content (AvgIpc) is 2.89. The standard InChI is InChI=1S/C26H35FN4O2/c27-13-21-33-24-11-5-4-10-23(24)30-18-15-29(16-19-30)17-20-31(25-12-6-7-14-28-25)26(32)22-8-2-1-3-9-22/h4-7,10-12,14,22H,1-3,8-9,13,15-21H2/i27-1. The first-order chi connectivity index (χ1) is 16.3. The van der Waals surface area contributed by atoms with E-state index in [1.807, 2.05) is 47.4 Å². The van der Waals surface area contributed by atoms with Crippen molar-refractivity contribution in [3.8, 4) is 5.75 Å². The number of carbonyl (C=O) groups is 1. The summed E-state index contributed by atoms with van der Waals surface area (Å²) in [5, 5.41) is 0. The molecule has 2 aromatic rings. The molecule has 1 aromatic carbocycles. The Kier molecular flexibility index (Phi) is 8.53. The summed E-state index contributed by atoms with van der Waals surface area (Å²) in [6.07, 6.45) is 7.27. The van der Waals surface area contributed by atoms with Crippen LogP contribution in [-0.2, 0) is 4.79 Å². The van der Waals surface area contributed by atoms with E-state index in [1.54, 1.807) is 6.20 Å². The van der Waals surface area contributed by atoms with Crippen LogP contribution < -0.4 is 14.5 Å². The molecule has 6 nitrogen and oxygen atoms in total. The van der Waals surface area contributed by atoms with Crippen LogP contribution in [-0.4, -0.2) is 68.3 Å². The molecule has 4 rings (SSSR count). The third kappa shape index (κ3) is 6.22. The number of amides is 1. The van der Waals surface area contributed by atoms with Crippen LogP contribution >= 0.6 is 0 Å². The van der Waals surface area contributed by atoms with Crippen molar-refractivity contribution in [2.75, 3.05) is 62.3 Å². The summed E-state index contributed by atoms with van der Waals surface area (Å²) >= 11 is 0. The number of rotatable bonds is 9. The first-order valence-corrected chi connectivity index (χ1v) is 12.2. The zero-order valence-corrected chi connectivity index (χ0v) is 19.4. The molecular formula is C26H35FN4O2. The lowest BCUT2D eigenvalue weighted by Gasteiger charge is -2.37. The number of nitrogens with zero attached hydrogens (tertiary/aromatic N) is 4. The number of pyridine rings is 1. The molecule has 0 spiro atoms. The smallest absolute Gasteiger partial charge is 0.231 e. The Morgan fingerprint density at radius 1 is 1.03 bits per heavy atom. The fraction of sp³-hybridized carbons (Fsp3) is 0.538. The summed E-state index contributed by atoms with van der Waals surface area (Å²) in [5.74, 6) is 1.85. The van der Waals surface area contributed by atoms with Crippen molar-refractivity contribution >= 4 is 17.4 Å². The molecule has 0 N–H and O–H groups in total. The van der Waals surface area contributed by atoms with Gasteiger partial charge in [0.05, 0.1) is 5.69 Å². The Balaban J connectivity index is 1.35. The van der Waals surface area contributed by atoms with Gasteiger partial charge < -0.3 is 9.64 Å². The van der Waals surface area contributed by atoms with Crippen LogP contribution in [0.2, 0.25) is 0 Å². The van der Waals surface area contributed by atoms with Gasteiger partial charge in [0.1, 0.15) is 24.8 Å². The molecule has 33 heavy (non-hydrogen) atoms. The molecule has 1 amide bonds. The Hall–Kier alpha value is -2.67. The number of ether oxygens (including phenoxy) is 1. The molecule has 2 aliphatic rings. The van der Waals surface area contributed by atoms with E-state index >= 15 is 0 Å². The van der Waals surface area contributed by atoms with Crippen molar-refractivity contribution in [3.63, 3.8) is 0 Å². The SMILES string of the molecule is O=C(C1CCCCC1)N(CCN1CCN(c2ccccc2OCC[18F])CC1)c1ccccn1. The molecule has 1 aliphatic carbocycles. The number of carbonyl (C=O) groups excluding carboxylic acids is 1. The molecule has 1 saturated heterocycles. The Labute approximate surface area is 196 Å². The summed E-state index contributed by atoms with van der Waals surface area (Å²) in [4.78, 5) is 24.4. The van der Waals surface area contributed by atoms with Crippen molar-refractivity contribution in [2.45, 2.75) is 32.1 Å². The number of piperazine rings is 1. The number of alkyl halides is 1. The predicted octanol–water partition coefficient (Wildman–Crippen LogP) is 4.17. The van der Waals surface area contributed by atoms with Crippen molar-refractivity contribution in [1.29, 1.82) is 0 Å². The normalized spacial score (nSPS) is 17.7. The number of hydrogen-bond donors (Lipinski definition) is 0. The van der Waals surface area contributed by atoms with Crippen LogP contribution in [0.15, 0.2) is 48.7 Å². The maximum absolute atomic E-state index is 13.4. The second-order valence-electron chi connectivity index (χ2n) is 8.85. The molecule has 1 aliphatic heterocycles. The zero-order valence-electron chi connectivity index (χ0n) is 19.4. The number of para-hydroxylation sites is 2. The maximum atomic E-state index is 13.4. The Morgan fingerprint density at radius 3 is 2.52 bits per heavy atom. The molecular weight excluding hydrogens is 418 g/mol. The lowest BCUT2D eigenvalue weighted by Crippen LogP contribution is -2.50. The highest BCUT2D eigenvalue weighted by atomic mass is 18.2. The quantitative estimate of drug-likeness (QED) is 0.571. The second kappa shape index (κ2) is 12.0. The van der Waals surface area contributed by atoms with Crippen molar-refractivity contribution in [2.24, 2.45) is 5.92 Å². The summed E-state index contributed by atoms with van der Waals surface area (Å²) in [6.45, 7) is 4.62. The monoisotopic (exact) mass is 453 g/mol. The summed E-state index contributed by atoms with van der Waals surface area (Å²) in [7, 11) is 0. The molecule has 2 heterocycles. The molecule has 178 valence electrons. The predicted molar refractivity (Wildman–Crippen MR) is 130 cm³/mol. The van der Waals surface area contributed by atoms with Crippen molar-refractivity contribution < 1.29 is 13.9 Å². The highest BCUT2D eigenvalue weighted by Crippen LogP contribution is 2.29. The number of hydrogen-bond acceptors (Lipinski definition) is 5. The van der Waals surface area contributed by atoms with E-state index < -0.39 is 6.67 Å². The molecule has 1 aromatic heterocycles. The number of halogens is 1. The molecule has 7 heteroatoms. The van der Waals surface area contributed by atoms with E-state index in [2.05, 4.69) is 14.8 Å². The minimum atomic E-state index is -0.492. The van der Waals surface area contributed by atoms with Gasteiger partial charge in [-0.3, -0.25) is 14.6 Å². The van der Waals surface area contributed by atoms with Gasteiger partial charge in [0.15, 0.2) is 0 Å². The molecule has 0 atom stereocenters. The van der Waals surface area contributed by atoms with E-state index in [4.69, 9.17) is 4.74 Å². The van der Waals surface area contributed by atoms with Gasteiger partial charge in [0, 0.05) is 51.4 Å². The first kappa shape index (κ1) is 23.5. The van der Waals surface area contributed by atoms with Gasteiger partial charge in [0.2, 0.25) is 5.91 Å². The average molecular weight is 454 g/mol. The van der Waals surface area contributed by atoms with Crippen LogP contribution in [0.5, 0.6) is 5.75 Å². The van der Waals surface area contributed by atoms with E-state index in [1.165, 1.54) is 6.42 Å². The fourth-order valence-corrected chi connectivity index (χ4v) is 4.86. The lowest BCUT2D eigenvalue weighted by molar-refractivity contribution is -0.123. The van der Waals surface area contributed by atoms with Crippen LogP contribution in [0.4, 0.5) is 15.9 Å². The second-order valence-corrected chi connectivity index (χ2v) is 8.85. The Bertz CT molecular complexity index is 868. The van der Waals surface area contributed by atoms with Crippen LogP contribution in [0.3, 0.4) is 0 Å². The van der Waals surface area contributed by atoms with Gasteiger partial charge in [-0.25, -0.2) is 9.37 Å². The lowest BCUT2D eigenvalue weighted by atomic mass is 9.88. The maximum Gasteiger partial charge on any atom is 0.231 e. The van der Waals surface area contributed by atoms with Crippen molar-refractivity contribution in [3.05, 3.63) is 48.7 Å². The van der Waals surface area contributed by atoms with Crippen LogP contribution in [0.25, 0.3) is 0 Å². The first-order valence-electron chi connectivity index (χ1n) is 12.2. The van der Waals surface area contributed by atoms with E-state index in [0.717, 1.165) is 75.7 Å². The highest BCUT2D eigenvalue weighted by molar-refractivity contribution is 5.94. The molecule has 0 radical (unpaired) electrons. The van der Waals surface area contributed by atoms with E-state index in [9.17, 15) is 9.18 Å². The Morgan fingerprint density at radius 2 is 1.79 bits per heavy atom. The highest BCUT2D eigenvalue weighted by Gasteiger charge is 2.28. The zero-order chi connectivity index (χ0) is 22.9. The topological polar surface area (TPSA) is 48.9 Å². The molecule has 1 saturated carbocycles.